The monoisotopic (exact) mass is 295 g/mol. The highest BCUT2D eigenvalue weighted by Gasteiger charge is 2.01. The second-order valence-electron chi connectivity index (χ2n) is 4.68. The number of nitrogens with zero attached hydrogens (tertiary/aromatic N) is 1. The van der Waals surface area contributed by atoms with Gasteiger partial charge in [-0.2, -0.15) is 0 Å². The van der Waals surface area contributed by atoms with Crippen molar-refractivity contribution in [3.05, 3.63) is 34.9 Å². The summed E-state index contributed by atoms with van der Waals surface area (Å²) in [5, 5.41) is 1.27. The Kier molecular flexibility index (Phi) is 4.24. The highest BCUT2D eigenvalue weighted by molar-refractivity contribution is 9.10. The quantitative estimate of drug-likeness (QED) is 0.758. The van der Waals surface area contributed by atoms with Gasteiger partial charge in [0.2, 0.25) is 0 Å². The zero-order chi connectivity index (χ0) is 12.3. The van der Waals surface area contributed by atoms with Crippen molar-refractivity contribution in [1.29, 1.82) is 0 Å². The lowest BCUT2D eigenvalue weighted by Gasteiger charge is -2.08. The summed E-state index contributed by atoms with van der Waals surface area (Å²) in [6.45, 7) is 6.87. The van der Waals surface area contributed by atoms with Crippen molar-refractivity contribution in [2.75, 3.05) is 13.2 Å². The normalized spacial score (nSPS) is 11.5. The molecule has 2 aromatic rings. The van der Waals surface area contributed by atoms with Crippen molar-refractivity contribution in [1.82, 2.24) is 4.57 Å². The van der Waals surface area contributed by atoms with Crippen LogP contribution in [0.4, 0.5) is 0 Å². The molecular weight excluding hydrogens is 278 g/mol. The molecule has 2 rings (SSSR count). The first-order chi connectivity index (χ1) is 8.16. The fourth-order valence-corrected chi connectivity index (χ4v) is 2.23. The van der Waals surface area contributed by atoms with Crippen molar-refractivity contribution in [2.24, 2.45) is 5.92 Å². The third-order valence-corrected chi connectivity index (χ3v) is 3.15. The van der Waals surface area contributed by atoms with Gasteiger partial charge in [0, 0.05) is 34.7 Å². The number of hydrogen-bond acceptors (Lipinski definition) is 1. The highest BCUT2D eigenvalue weighted by Crippen LogP contribution is 2.20. The van der Waals surface area contributed by atoms with Crippen molar-refractivity contribution >= 4 is 26.8 Å². The third-order valence-electron chi connectivity index (χ3n) is 2.66. The van der Waals surface area contributed by atoms with E-state index in [9.17, 15) is 0 Å². The van der Waals surface area contributed by atoms with Crippen LogP contribution in [0.2, 0.25) is 0 Å². The molecule has 0 N–H and O–H groups in total. The summed E-state index contributed by atoms with van der Waals surface area (Å²) in [4.78, 5) is 0. The molecule has 0 saturated heterocycles. The Balaban J connectivity index is 1.99. The molecule has 3 heteroatoms. The Bertz CT molecular complexity index is 490. The minimum atomic E-state index is 0.604. The van der Waals surface area contributed by atoms with Gasteiger partial charge in [-0.25, -0.2) is 0 Å². The van der Waals surface area contributed by atoms with Gasteiger partial charge in [0.05, 0.1) is 6.61 Å². The average Bonchev–Trinajstić information content (AvgIpc) is 2.66. The summed E-state index contributed by atoms with van der Waals surface area (Å²) < 4.78 is 8.97. The summed E-state index contributed by atoms with van der Waals surface area (Å²) >= 11 is 3.49. The number of fused-ring (bicyclic) bond motifs is 1. The van der Waals surface area contributed by atoms with Crippen molar-refractivity contribution in [3.8, 4) is 0 Å². The van der Waals surface area contributed by atoms with Crippen LogP contribution >= 0.6 is 15.9 Å². The van der Waals surface area contributed by atoms with Crippen LogP contribution in [0.25, 0.3) is 10.9 Å². The molecule has 0 unspecified atom stereocenters. The highest BCUT2D eigenvalue weighted by atomic mass is 79.9. The SMILES string of the molecule is CC(C)COCCn1ccc2cc(Br)ccc21. The molecule has 0 fully saturated rings. The van der Waals surface area contributed by atoms with Crippen LogP contribution in [0.1, 0.15) is 13.8 Å². The van der Waals surface area contributed by atoms with E-state index >= 15 is 0 Å². The molecule has 2 nitrogen and oxygen atoms in total. The van der Waals surface area contributed by atoms with E-state index < -0.39 is 0 Å². The van der Waals surface area contributed by atoms with E-state index in [0.29, 0.717) is 5.92 Å². The Morgan fingerprint density at radius 3 is 2.88 bits per heavy atom. The van der Waals surface area contributed by atoms with E-state index in [1.807, 2.05) is 0 Å². The summed E-state index contributed by atoms with van der Waals surface area (Å²) in [6.07, 6.45) is 2.12. The topological polar surface area (TPSA) is 14.2 Å². The smallest absolute Gasteiger partial charge is 0.0645 e. The maximum Gasteiger partial charge on any atom is 0.0645 e. The molecule has 1 aromatic heterocycles. The van der Waals surface area contributed by atoms with Gasteiger partial charge in [-0.1, -0.05) is 29.8 Å². The third kappa shape index (κ3) is 3.33. The first-order valence-corrected chi connectivity index (χ1v) is 6.78. The van der Waals surface area contributed by atoms with Crippen LogP contribution in [0, 0.1) is 5.92 Å². The van der Waals surface area contributed by atoms with Gasteiger partial charge >= 0.3 is 0 Å². The molecule has 0 aliphatic heterocycles. The standard InChI is InChI=1S/C14H18BrNO/c1-11(2)10-17-8-7-16-6-5-12-9-13(15)3-4-14(12)16/h3-6,9,11H,7-8,10H2,1-2H3. The Morgan fingerprint density at radius 2 is 2.12 bits per heavy atom. The van der Waals surface area contributed by atoms with Crippen molar-refractivity contribution < 1.29 is 4.74 Å². The van der Waals surface area contributed by atoms with Gasteiger partial charge in [0.25, 0.3) is 0 Å². The summed E-state index contributed by atoms with van der Waals surface area (Å²) in [7, 11) is 0. The molecule has 92 valence electrons. The molecule has 1 aromatic carbocycles. The molecular formula is C14H18BrNO. The van der Waals surface area contributed by atoms with Gasteiger partial charge in [-0.15, -0.1) is 0 Å². The van der Waals surface area contributed by atoms with Gasteiger partial charge in [-0.05, 0) is 30.2 Å². The minimum Gasteiger partial charge on any atom is -0.379 e. The fourth-order valence-electron chi connectivity index (χ4n) is 1.85. The van der Waals surface area contributed by atoms with Crippen LogP contribution < -0.4 is 0 Å². The maximum atomic E-state index is 5.61. The molecule has 0 bridgehead atoms. The molecule has 17 heavy (non-hydrogen) atoms. The van der Waals surface area contributed by atoms with Gasteiger partial charge in [0.1, 0.15) is 0 Å². The molecule has 1 heterocycles. The Labute approximate surface area is 111 Å². The molecule has 0 aliphatic carbocycles. The summed E-state index contributed by atoms with van der Waals surface area (Å²) in [5.74, 6) is 0.604. The number of rotatable bonds is 5. The Hall–Kier alpha value is -0.800. The van der Waals surface area contributed by atoms with Gasteiger partial charge < -0.3 is 9.30 Å². The molecule has 0 amide bonds. The van der Waals surface area contributed by atoms with E-state index in [4.69, 9.17) is 4.74 Å². The largest absolute Gasteiger partial charge is 0.379 e. The molecule has 0 saturated carbocycles. The van der Waals surface area contributed by atoms with Crippen LogP contribution in [-0.4, -0.2) is 17.8 Å². The fraction of sp³-hybridized carbons (Fsp3) is 0.429. The number of hydrogen-bond donors (Lipinski definition) is 0. The lowest BCUT2D eigenvalue weighted by molar-refractivity contribution is 0.104. The molecule has 0 radical (unpaired) electrons. The number of benzene rings is 1. The minimum absolute atomic E-state index is 0.604. The molecule has 0 atom stereocenters. The predicted octanol–water partition coefficient (Wildman–Crippen LogP) is 4.08. The van der Waals surface area contributed by atoms with Crippen LogP contribution in [0.15, 0.2) is 34.9 Å². The van der Waals surface area contributed by atoms with Gasteiger partial charge in [0.15, 0.2) is 0 Å². The number of ether oxygens (including phenoxy) is 1. The van der Waals surface area contributed by atoms with Crippen LogP contribution in [0.3, 0.4) is 0 Å². The lowest BCUT2D eigenvalue weighted by Crippen LogP contribution is -2.08. The van der Waals surface area contributed by atoms with E-state index in [-0.39, 0.29) is 0 Å². The van der Waals surface area contributed by atoms with Crippen molar-refractivity contribution in [2.45, 2.75) is 20.4 Å². The van der Waals surface area contributed by atoms with E-state index in [1.165, 1.54) is 10.9 Å². The number of halogens is 1. The predicted molar refractivity (Wildman–Crippen MR) is 75.3 cm³/mol. The second-order valence-corrected chi connectivity index (χ2v) is 5.60. The van der Waals surface area contributed by atoms with E-state index in [1.54, 1.807) is 0 Å². The van der Waals surface area contributed by atoms with Crippen molar-refractivity contribution in [3.63, 3.8) is 0 Å². The van der Waals surface area contributed by atoms with Crippen LogP contribution in [0.5, 0.6) is 0 Å². The van der Waals surface area contributed by atoms with Crippen LogP contribution in [-0.2, 0) is 11.3 Å². The molecule has 0 spiro atoms. The lowest BCUT2D eigenvalue weighted by atomic mass is 10.2. The first-order valence-electron chi connectivity index (χ1n) is 5.99. The van der Waals surface area contributed by atoms with Gasteiger partial charge in [-0.3, -0.25) is 0 Å². The maximum absolute atomic E-state index is 5.61. The zero-order valence-electron chi connectivity index (χ0n) is 10.3. The Morgan fingerprint density at radius 1 is 1.29 bits per heavy atom. The summed E-state index contributed by atoms with van der Waals surface area (Å²) in [6, 6.07) is 8.50. The molecule has 0 aliphatic rings. The first kappa shape index (κ1) is 12.7. The number of aromatic nitrogens is 1. The van der Waals surface area contributed by atoms with E-state index in [0.717, 1.165) is 24.2 Å². The van der Waals surface area contributed by atoms with E-state index in [2.05, 4.69) is 64.8 Å². The zero-order valence-corrected chi connectivity index (χ0v) is 11.9. The summed E-state index contributed by atoms with van der Waals surface area (Å²) in [5.41, 5.74) is 1.27. The average molecular weight is 296 g/mol. The second kappa shape index (κ2) is 5.69.